The molecule has 0 radical (unpaired) electrons. The second kappa shape index (κ2) is 6.73. The number of hydrogen-bond acceptors (Lipinski definition) is 4. The summed E-state index contributed by atoms with van der Waals surface area (Å²) in [4.78, 5) is 0. The van der Waals surface area contributed by atoms with E-state index in [1.54, 1.807) is 7.11 Å². The molecule has 1 saturated heterocycles. The van der Waals surface area contributed by atoms with Crippen LogP contribution in [-0.4, -0.2) is 39.5 Å². The van der Waals surface area contributed by atoms with Crippen LogP contribution in [0.1, 0.15) is 11.1 Å². The van der Waals surface area contributed by atoms with E-state index in [2.05, 4.69) is 29.7 Å². The van der Waals surface area contributed by atoms with Gasteiger partial charge in [-0.25, -0.2) is 0 Å². The summed E-state index contributed by atoms with van der Waals surface area (Å²) in [5.74, 6) is 0.943. The van der Waals surface area contributed by atoms with Gasteiger partial charge in [-0.2, -0.15) is 0 Å². The number of ether oxygens (including phenoxy) is 2. The van der Waals surface area contributed by atoms with Crippen molar-refractivity contribution >= 4 is 0 Å². The van der Waals surface area contributed by atoms with Crippen molar-refractivity contribution in [3.63, 3.8) is 0 Å². The Labute approximate surface area is 109 Å². The lowest BCUT2D eigenvalue weighted by Gasteiger charge is -2.23. The highest BCUT2D eigenvalue weighted by Crippen LogP contribution is 2.18. The van der Waals surface area contributed by atoms with Crippen LogP contribution in [0.15, 0.2) is 18.2 Å². The molecule has 1 aromatic rings. The predicted molar refractivity (Wildman–Crippen MR) is 72.0 cm³/mol. The number of benzene rings is 1. The predicted octanol–water partition coefficient (Wildman–Crippen LogP) is 1.08. The van der Waals surface area contributed by atoms with Crippen LogP contribution < -0.4 is 15.4 Å². The molecular formula is C14H22N2O2. The number of rotatable bonds is 5. The van der Waals surface area contributed by atoms with Gasteiger partial charge in [0.25, 0.3) is 0 Å². The SMILES string of the molecule is COc1ccc(CNCC2CNCCO2)cc1C. The molecule has 1 fully saturated rings. The molecule has 1 heterocycles. The standard InChI is InChI=1S/C14H22N2O2/c1-11-7-12(3-4-14(11)17-2)8-16-10-13-9-15-5-6-18-13/h3-4,7,13,15-16H,5-6,8-10H2,1-2H3. The molecule has 0 spiro atoms. The summed E-state index contributed by atoms with van der Waals surface area (Å²) in [6.45, 7) is 6.54. The maximum Gasteiger partial charge on any atom is 0.121 e. The van der Waals surface area contributed by atoms with Crippen LogP contribution in [-0.2, 0) is 11.3 Å². The number of morpholine rings is 1. The van der Waals surface area contributed by atoms with E-state index in [4.69, 9.17) is 9.47 Å². The third kappa shape index (κ3) is 3.70. The van der Waals surface area contributed by atoms with Gasteiger partial charge in [0.1, 0.15) is 5.75 Å². The largest absolute Gasteiger partial charge is 0.496 e. The van der Waals surface area contributed by atoms with Crippen LogP contribution in [0.25, 0.3) is 0 Å². The van der Waals surface area contributed by atoms with Gasteiger partial charge in [-0.3, -0.25) is 0 Å². The minimum Gasteiger partial charge on any atom is -0.496 e. The first kappa shape index (κ1) is 13.3. The van der Waals surface area contributed by atoms with Gasteiger partial charge < -0.3 is 20.1 Å². The van der Waals surface area contributed by atoms with Gasteiger partial charge >= 0.3 is 0 Å². The van der Waals surface area contributed by atoms with E-state index in [0.29, 0.717) is 0 Å². The van der Waals surface area contributed by atoms with Crippen molar-refractivity contribution in [3.8, 4) is 5.75 Å². The van der Waals surface area contributed by atoms with Crippen LogP contribution in [0.4, 0.5) is 0 Å². The molecule has 4 nitrogen and oxygen atoms in total. The molecule has 0 bridgehead atoms. The number of hydrogen-bond donors (Lipinski definition) is 2. The fourth-order valence-electron chi connectivity index (χ4n) is 2.18. The Bertz CT molecular complexity index is 376. The maximum absolute atomic E-state index is 5.63. The first-order valence-corrected chi connectivity index (χ1v) is 6.46. The molecule has 1 aliphatic heterocycles. The summed E-state index contributed by atoms with van der Waals surface area (Å²) in [6, 6.07) is 6.27. The Morgan fingerprint density at radius 3 is 3.06 bits per heavy atom. The van der Waals surface area contributed by atoms with E-state index in [1.165, 1.54) is 11.1 Å². The second-order valence-corrected chi connectivity index (χ2v) is 4.63. The molecular weight excluding hydrogens is 228 g/mol. The van der Waals surface area contributed by atoms with Gasteiger partial charge in [-0.15, -0.1) is 0 Å². The van der Waals surface area contributed by atoms with E-state index in [0.717, 1.165) is 38.5 Å². The van der Waals surface area contributed by atoms with Crippen molar-refractivity contribution in [1.29, 1.82) is 0 Å². The molecule has 0 aliphatic carbocycles. The number of nitrogens with one attached hydrogen (secondary N) is 2. The Morgan fingerprint density at radius 1 is 1.50 bits per heavy atom. The van der Waals surface area contributed by atoms with Crippen molar-refractivity contribution in [1.82, 2.24) is 10.6 Å². The van der Waals surface area contributed by atoms with Crippen LogP contribution in [0.2, 0.25) is 0 Å². The van der Waals surface area contributed by atoms with Crippen molar-refractivity contribution < 1.29 is 9.47 Å². The smallest absolute Gasteiger partial charge is 0.121 e. The summed E-state index contributed by atoms with van der Waals surface area (Å²) in [5, 5.41) is 6.76. The Hall–Kier alpha value is -1.10. The first-order valence-electron chi connectivity index (χ1n) is 6.46. The van der Waals surface area contributed by atoms with E-state index >= 15 is 0 Å². The Balaban J connectivity index is 1.77. The zero-order chi connectivity index (χ0) is 12.8. The van der Waals surface area contributed by atoms with Gasteiger partial charge in [0.2, 0.25) is 0 Å². The molecule has 0 aromatic heterocycles. The molecule has 2 rings (SSSR count). The zero-order valence-electron chi connectivity index (χ0n) is 11.2. The molecule has 100 valence electrons. The topological polar surface area (TPSA) is 42.5 Å². The van der Waals surface area contributed by atoms with Crippen molar-refractivity contribution in [3.05, 3.63) is 29.3 Å². The van der Waals surface area contributed by atoms with E-state index in [1.807, 2.05) is 6.07 Å². The summed E-state index contributed by atoms with van der Waals surface area (Å²) in [6.07, 6.45) is 0.290. The third-order valence-corrected chi connectivity index (χ3v) is 3.16. The summed E-state index contributed by atoms with van der Waals surface area (Å²) in [5.41, 5.74) is 2.45. The van der Waals surface area contributed by atoms with Gasteiger partial charge in [-0.1, -0.05) is 12.1 Å². The lowest BCUT2D eigenvalue weighted by atomic mass is 10.1. The average molecular weight is 250 g/mol. The monoisotopic (exact) mass is 250 g/mol. The molecule has 0 amide bonds. The first-order chi connectivity index (χ1) is 8.79. The molecule has 4 heteroatoms. The van der Waals surface area contributed by atoms with Gasteiger partial charge in [-0.05, 0) is 24.1 Å². The molecule has 2 N–H and O–H groups in total. The molecule has 0 saturated carbocycles. The van der Waals surface area contributed by atoms with Crippen LogP contribution in [0.3, 0.4) is 0 Å². The molecule has 1 unspecified atom stereocenters. The van der Waals surface area contributed by atoms with E-state index < -0.39 is 0 Å². The van der Waals surface area contributed by atoms with Crippen LogP contribution in [0, 0.1) is 6.92 Å². The number of aryl methyl sites for hydroxylation is 1. The highest BCUT2D eigenvalue weighted by atomic mass is 16.5. The summed E-state index contributed by atoms with van der Waals surface area (Å²) in [7, 11) is 1.70. The van der Waals surface area contributed by atoms with E-state index in [-0.39, 0.29) is 6.10 Å². The van der Waals surface area contributed by atoms with Crippen molar-refractivity contribution in [2.75, 3.05) is 33.4 Å². The zero-order valence-corrected chi connectivity index (χ0v) is 11.2. The Morgan fingerprint density at radius 2 is 2.39 bits per heavy atom. The average Bonchev–Trinajstić information content (AvgIpc) is 2.40. The van der Waals surface area contributed by atoms with E-state index in [9.17, 15) is 0 Å². The fourth-order valence-corrected chi connectivity index (χ4v) is 2.18. The minimum atomic E-state index is 0.290. The molecule has 18 heavy (non-hydrogen) atoms. The molecule has 1 aliphatic rings. The van der Waals surface area contributed by atoms with Crippen molar-refractivity contribution in [2.24, 2.45) is 0 Å². The molecule has 1 atom stereocenters. The third-order valence-electron chi connectivity index (χ3n) is 3.16. The normalized spacial score (nSPS) is 19.8. The van der Waals surface area contributed by atoms with Gasteiger partial charge in [0.05, 0.1) is 19.8 Å². The van der Waals surface area contributed by atoms with Crippen LogP contribution >= 0.6 is 0 Å². The summed E-state index contributed by atoms with van der Waals surface area (Å²) < 4.78 is 10.9. The van der Waals surface area contributed by atoms with Gasteiger partial charge in [0.15, 0.2) is 0 Å². The second-order valence-electron chi connectivity index (χ2n) is 4.63. The summed E-state index contributed by atoms with van der Waals surface area (Å²) >= 11 is 0. The lowest BCUT2D eigenvalue weighted by molar-refractivity contribution is 0.0290. The minimum absolute atomic E-state index is 0.290. The van der Waals surface area contributed by atoms with Crippen LogP contribution in [0.5, 0.6) is 5.75 Å². The quantitative estimate of drug-likeness (QED) is 0.821. The maximum atomic E-state index is 5.63. The lowest BCUT2D eigenvalue weighted by Crippen LogP contribution is -2.43. The highest BCUT2D eigenvalue weighted by molar-refractivity contribution is 5.36. The fraction of sp³-hybridized carbons (Fsp3) is 0.571. The van der Waals surface area contributed by atoms with Crippen molar-refractivity contribution in [2.45, 2.75) is 19.6 Å². The Kier molecular flexibility index (Phi) is 4.99. The highest BCUT2D eigenvalue weighted by Gasteiger charge is 2.12. The van der Waals surface area contributed by atoms with Gasteiger partial charge in [0, 0.05) is 26.2 Å². The number of methoxy groups -OCH3 is 1. The molecule has 1 aromatic carbocycles.